The summed E-state index contributed by atoms with van der Waals surface area (Å²) in [5, 5.41) is 12.3. The summed E-state index contributed by atoms with van der Waals surface area (Å²) >= 11 is 0. The first-order valence-corrected chi connectivity index (χ1v) is 9.24. The Labute approximate surface area is 150 Å². The van der Waals surface area contributed by atoms with Crippen LogP contribution in [-0.4, -0.2) is 41.6 Å². The van der Waals surface area contributed by atoms with Crippen molar-refractivity contribution in [1.82, 2.24) is 10.2 Å². The van der Waals surface area contributed by atoms with Crippen LogP contribution in [0, 0.1) is 11.8 Å². The molecule has 2 unspecified atom stereocenters. The van der Waals surface area contributed by atoms with Crippen LogP contribution in [0.1, 0.15) is 45.6 Å². The molecule has 138 valence electrons. The molecule has 0 aromatic heterocycles. The zero-order valence-electron chi connectivity index (χ0n) is 15.5. The largest absolute Gasteiger partial charge is 0.481 e. The minimum Gasteiger partial charge on any atom is -0.481 e. The summed E-state index contributed by atoms with van der Waals surface area (Å²) in [6.07, 6.45) is 2.42. The summed E-state index contributed by atoms with van der Waals surface area (Å²) in [4.78, 5) is 25.6. The predicted octanol–water partition coefficient (Wildman–Crippen LogP) is 3.50. The smallest absolute Gasteiger partial charge is 0.317 e. The molecule has 2 N–H and O–H groups in total. The van der Waals surface area contributed by atoms with E-state index in [0.29, 0.717) is 26.1 Å². The Kier molecular flexibility index (Phi) is 6.45. The van der Waals surface area contributed by atoms with E-state index in [2.05, 4.69) is 31.3 Å². The molecular formula is C20H30N2O3. The molecule has 5 nitrogen and oxygen atoms in total. The van der Waals surface area contributed by atoms with Crippen molar-refractivity contribution in [2.24, 2.45) is 11.8 Å². The van der Waals surface area contributed by atoms with Gasteiger partial charge in [-0.25, -0.2) is 4.79 Å². The third-order valence-electron chi connectivity index (χ3n) is 5.83. The summed E-state index contributed by atoms with van der Waals surface area (Å²) < 4.78 is 0. The number of nitrogens with one attached hydrogen (secondary N) is 1. The van der Waals surface area contributed by atoms with Gasteiger partial charge in [0, 0.05) is 25.0 Å². The van der Waals surface area contributed by atoms with Gasteiger partial charge in [0.05, 0.1) is 5.92 Å². The number of carbonyl (C=O) groups is 2. The highest BCUT2D eigenvalue weighted by atomic mass is 16.4. The molecule has 1 saturated heterocycles. The van der Waals surface area contributed by atoms with Crippen molar-refractivity contribution >= 4 is 12.0 Å². The molecule has 2 amide bonds. The van der Waals surface area contributed by atoms with E-state index < -0.39 is 5.97 Å². The normalized spacial score (nSPS) is 21.0. The summed E-state index contributed by atoms with van der Waals surface area (Å²) in [5.41, 5.74) is 1.18. The van der Waals surface area contributed by atoms with Gasteiger partial charge in [-0.05, 0) is 30.7 Å². The molecule has 1 fully saturated rings. The first-order chi connectivity index (χ1) is 11.9. The number of rotatable bonds is 6. The fourth-order valence-corrected chi connectivity index (χ4v) is 3.86. The topological polar surface area (TPSA) is 69.6 Å². The second-order valence-electron chi connectivity index (χ2n) is 7.17. The van der Waals surface area contributed by atoms with E-state index in [-0.39, 0.29) is 23.3 Å². The average molecular weight is 346 g/mol. The minimum atomic E-state index is -0.757. The highest BCUT2D eigenvalue weighted by Gasteiger charge is 2.34. The number of carboxylic acids is 1. The standard InChI is InChI=1S/C20H30N2O3/c1-4-20(5-2,16-9-7-6-8-10-16)14-21-19(25)22-12-11-17(18(23)24)15(3)13-22/h6-10,15,17H,4-5,11-14H2,1-3H3,(H,21,25)(H,23,24). The Hall–Kier alpha value is -2.04. The molecule has 1 aromatic carbocycles. The molecule has 25 heavy (non-hydrogen) atoms. The van der Waals surface area contributed by atoms with Crippen LogP contribution in [0.5, 0.6) is 0 Å². The molecular weight excluding hydrogens is 316 g/mol. The molecule has 1 aliphatic rings. The lowest BCUT2D eigenvalue weighted by Gasteiger charge is -2.37. The quantitative estimate of drug-likeness (QED) is 0.828. The summed E-state index contributed by atoms with van der Waals surface area (Å²) in [7, 11) is 0. The minimum absolute atomic E-state index is 0.0202. The van der Waals surface area contributed by atoms with Crippen molar-refractivity contribution in [1.29, 1.82) is 0 Å². The molecule has 1 aromatic rings. The van der Waals surface area contributed by atoms with Gasteiger partial charge in [0.25, 0.3) is 0 Å². The lowest BCUT2D eigenvalue weighted by molar-refractivity contribution is -0.145. The highest BCUT2D eigenvalue weighted by molar-refractivity contribution is 5.75. The van der Waals surface area contributed by atoms with Gasteiger partial charge in [-0.1, -0.05) is 51.1 Å². The molecule has 2 atom stereocenters. The molecule has 0 bridgehead atoms. The summed E-state index contributed by atoms with van der Waals surface area (Å²) in [5.74, 6) is -1.13. The number of carbonyl (C=O) groups excluding carboxylic acids is 1. The maximum absolute atomic E-state index is 12.6. The molecule has 0 radical (unpaired) electrons. The Morgan fingerprint density at radius 2 is 1.88 bits per heavy atom. The van der Waals surface area contributed by atoms with E-state index in [0.717, 1.165) is 12.8 Å². The van der Waals surface area contributed by atoms with E-state index >= 15 is 0 Å². The van der Waals surface area contributed by atoms with E-state index in [1.165, 1.54) is 5.56 Å². The number of carboxylic acid groups (broad SMARTS) is 1. The number of hydrogen-bond donors (Lipinski definition) is 2. The van der Waals surface area contributed by atoms with Crippen LogP contribution >= 0.6 is 0 Å². The molecule has 0 saturated carbocycles. The lowest BCUT2D eigenvalue weighted by Crippen LogP contribution is -2.51. The second kappa shape index (κ2) is 8.37. The van der Waals surface area contributed by atoms with E-state index in [1.807, 2.05) is 25.1 Å². The van der Waals surface area contributed by atoms with Crippen molar-refractivity contribution in [3.8, 4) is 0 Å². The lowest BCUT2D eigenvalue weighted by atomic mass is 9.76. The van der Waals surface area contributed by atoms with E-state index in [9.17, 15) is 14.7 Å². The van der Waals surface area contributed by atoms with Crippen LogP contribution in [0.25, 0.3) is 0 Å². The highest BCUT2D eigenvalue weighted by Crippen LogP contribution is 2.31. The second-order valence-corrected chi connectivity index (χ2v) is 7.17. The number of nitrogens with zero attached hydrogens (tertiary/aromatic N) is 1. The number of piperidine rings is 1. The van der Waals surface area contributed by atoms with E-state index in [4.69, 9.17) is 0 Å². The van der Waals surface area contributed by atoms with Crippen molar-refractivity contribution < 1.29 is 14.7 Å². The average Bonchev–Trinajstić information content (AvgIpc) is 2.63. The van der Waals surface area contributed by atoms with E-state index in [1.54, 1.807) is 4.90 Å². The third kappa shape index (κ3) is 4.33. The summed E-state index contributed by atoms with van der Waals surface area (Å²) in [6.45, 7) is 7.82. The SMILES string of the molecule is CCC(CC)(CNC(=O)N1CCC(C(=O)O)C(C)C1)c1ccccc1. The molecule has 1 aliphatic heterocycles. The van der Waals surface area contributed by atoms with Crippen molar-refractivity contribution in [3.05, 3.63) is 35.9 Å². The number of urea groups is 1. The summed E-state index contributed by atoms with van der Waals surface area (Å²) in [6, 6.07) is 10.2. The molecule has 1 heterocycles. The van der Waals surface area contributed by atoms with Gasteiger partial charge in [0.2, 0.25) is 0 Å². The molecule has 5 heteroatoms. The van der Waals surface area contributed by atoms with Crippen molar-refractivity contribution in [2.75, 3.05) is 19.6 Å². The van der Waals surface area contributed by atoms with Crippen LogP contribution < -0.4 is 5.32 Å². The Bertz CT molecular complexity index is 584. The zero-order chi connectivity index (χ0) is 18.4. The Morgan fingerprint density at radius 3 is 2.40 bits per heavy atom. The maximum Gasteiger partial charge on any atom is 0.317 e. The first kappa shape index (κ1) is 19.3. The Morgan fingerprint density at radius 1 is 1.24 bits per heavy atom. The zero-order valence-corrected chi connectivity index (χ0v) is 15.5. The van der Waals surface area contributed by atoms with Crippen molar-refractivity contribution in [2.45, 2.75) is 45.4 Å². The van der Waals surface area contributed by atoms with Gasteiger partial charge >= 0.3 is 12.0 Å². The van der Waals surface area contributed by atoms with Gasteiger partial charge < -0.3 is 15.3 Å². The number of benzene rings is 1. The Balaban J connectivity index is 1.99. The molecule has 0 spiro atoms. The van der Waals surface area contributed by atoms with Crippen LogP contribution in [-0.2, 0) is 10.2 Å². The fourth-order valence-electron chi connectivity index (χ4n) is 3.86. The predicted molar refractivity (Wildman–Crippen MR) is 98.6 cm³/mol. The monoisotopic (exact) mass is 346 g/mol. The third-order valence-corrected chi connectivity index (χ3v) is 5.83. The number of likely N-dealkylation sites (tertiary alicyclic amines) is 1. The first-order valence-electron chi connectivity index (χ1n) is 9.24. The van der Waals surface area contributed by atoms with Crippen LogP contribution in [0.2, 0.25) is 0 Å². The van der Waals surface area contributed by atoms with Gasteiger partial charge in [0.15, 0.2) is 0 Å². The van der Waals surface area contributed by atoms with Crippen LogP contribution in [0.3, 0.4) is 0 Å². The van der Waals surface area contributed by atoms with Crippen LogP contribution in [0.15, 0.2) is 30.3 Å². The number of hydrogen-bond acceptors (Lipinski definition) is 2. The van der Waals surface area contributed by atoms with Crippen molar-refractivity contribution in [3.63, 3.8) is 0 Å². The number of aliphatic carboxylic acids is 1. The van der Waals surface area contributed by atoms with Gasteiger partial charge in [-0.15, -0.1) is 0 Å². The van der Waals surface area contributed by atoms with Gasteiger partial charge in [0.1, 0.15) is 0 Å². The maximum atomic E-state index is 12.6. The molecule has 2 rings (SSSR count). The van der Waals surface area contributed by atoms with Gasteiger partial charge in [-0.3, -0.25) is 4.79 Å². The molecule has 0 aliphatic carbocycles. The number of amides is 2. The fraction of sp³-hybridized carbons (Fsp3) is 0.600. The van der Waals surface area contributed by atoms with Crippen LogP contribution in [0.4, 0.5) is 4.79 Å². The van der Waals surface area contributed by atoms with Gasteiger partial charge in [-0.2, -0.15) is 0 Å².